The van der Waals surface area contributed by atoms with Crippen LogP contribution in [0, 0.1) is 20.2 Å². The van der Waals surface area contributed by atoms with Gasteiger partial charge in [0, 0.05) is 6.07 Å². The van der Waals surface area contributed by atoms with Crippen molar-refractivity contribution in [1.29, 1.82) is 0 Å². The first-order valence-corrected chi connectivity index (χ1v) is 4.88. The van der Waals surface area contributed by atoms with Crippen LogP contribution in [0.4, 0.5) is 17.1 Å². The third kappa shape index (κ3) is 2.70. The number of anilines is 1. The van der Waals surface area contributed by atoms with Crippen LogP contribution in [0.2, 0.25) is 0 Å². The second kappa shape index (κ2) is 5.38. The molecule has 0 fully saturated rings. The molecule has 10 heteroatoms. The van der Waals surface area contributed by atoms with Gasteiger partial charge < -0.3 is 0 Å². The molecule has 1 atom stereocenters. The van der Waals surface area contributed by atoms with Crippen LogP contribution >= 0.6 is 11.6 Å². The maximum atomic E-state index is 10.8. The Morgan fingerprint density at radius 1 is 1.33 bits per heavy atom. The van der Waals surface area contributed by atoms with E-state index in [1.54, 1.807) is 0 Å². The minimum absolute atomic E-state index is 0.197. The summed E-state index contributed by atoms with van der Waals surface area (Å²) in [4.78, 5) is 30.1. The fourth-order valence-electron chi connectivity index (χ4n) is 1.19. The highest BCUT2D eigenvalue weighted by atomic mass is 35.5. The van der Waals surface area contributed by atoms with Crippen molar-refractivity contribution in [3.63, 3.8) is 0 Å². The first kappa shape index (κ1) is 13.8. The van der Waals surface area contributed by atoms with E-state index in [-0.39, 0.29) is 12.0 Å². The lowest BCUT2D eigenvalue weighted by Gasteiger charge is -2.19. The fraction of sp³-hybridized carbons (Fsp3) is 0.125. The van der Waals surface area contributed by atoms with Crippen molar-refractivity contribution in [1.82, 2.24) is 0 Å². The number of alkyl halides is 1. The van der Waals surface area contributed by atoms with Crippen molar-refractivity contribution in [3.05, 3.63) is 38.4 Å². The van der Waals surface area contributed by atoms with Gasteiger partial charge in [0.15, 0.2) is 11.8 Å². The zero-order chi connectivity index (χ0) is 13.9. The predicted octanol–water partition coefficient (Wildman–Crippen LogP) is 0.947. The molecule has 1 aromatic carbocycles. The fourth-order valence-corrected chi connectivity index (χ4v) is 1.29. The third-order valence-electron chi connectivity index (χ3n) is 2.02. The number of non-ortho nitro benzene ring substituents is 1. The molecule has 96 valence electrons. The Labute approximate surface area is 105 Å². The van der Waals surface area contributed by atoms with E-state index < -0.39 is 26.7 Å². The average Bonchev–Trinajstić information content (AvgIpc) is 2.35. The highest BCUT2D eigenvalue weighted by molar-refractivity contribution is 6.28. The molecule has 0 saturated heterocycles. The van der Waals surface area contributed by atoms with Gasteiger partial charge in [0.2, 0.25) is 0 Å². The number of carbonyl (C=O) groups excluding carboxylic acids is 1. The molecular formula is C8H7ClN4O5. The van der Waals surface area contributed by atoms with Gasteiger partial charge in [-0.3, -0.25) is 30.0 Å². The van der Waals surface area contributed by atoms with E-state index in [1.807, 2.05) is 0 Å². The Morgan fingerprint density at radius 3 is 2.39 bits per heavy atom. The molecule has 0 saturated carbocycles. The summed E-state index contributed by atoms with van der Waals surface area (Å²) in [6.07, 6.45) is 0.271. The highest BCUT2D eigenvalue weighted by Crippen LogP contribution is 2.31. The van der Waals surface area contributed by atoms with E-state index in [2.05, 4.69) is 0 Å². The Kier molecular flexibility index (Phi) is 4.13. The summed E-state index contributed by atoms with van der Waals surface area (Å²) in [6.45, 7) is 0. The molecule has 0 spiro atoms. The van der Waals surface area contributed by atoms with Gasteiger partial charge in [-0.15, -0.1) is 0 Å². The zero-order valence-electron chi connectivity index (χ0n) is 8.72. The van der Waals surface area contributed by atoms with Crippen LogP contribution in [0.25, 0.3) is 0 Å². The van der Waals surface area contributed by atoms with Gasteiger partial charge in [-0.2, -0.15) is 0 Å². The van der Waals surface area contributed by atoms with Crippen LogP contribution in [0.5, 0.6) is 0 Å². The van der Waals surface area contributed by atoms with E-state index >= 15 is 0 Å². The number of hydrogen-bond acceptors (Lipinski definition) is 7. The third-order valence-corrected chi connectivity index (χ3v) is 2.34. The van der Waals surface area contributed by atoms with Gasteiger partial charge in [0.25, 0.3) is 5.69 Å². The average molecular weight is 275 g/mol. The number of halogens is 1. The van der Waals surface area contributed by atoms with Crippen molar-refractivity contribution < 1.29 is 14.6 Å². The number of carbonyl (C=O) groups is 1. The quantitative estimate of drug-likeness (QED) is 0.211. The number of nitro groups is 2. The normalized spacial score (nSPS) is 11.7. The van der Waals surface area contributed by atoms with Crippen molar-refractivity contribution in [2.24, 2.45) is 5.84 Å². The Morgan fingerprint density at radius 2 is 1.94 bits per heavy atom. The number of nitrogens with zero attached hydrogens (tertiary/aromatic N) is 3. The molecule has 0 aromatic heterocycles. The number of hydrogen-bond donors (Lipinski definition) is 1. The summed E-state index contributed by atoms with van der Waals surface area (Å²) < 4.78 is 0. The summed E-state index contributed by atoms with van der Waals surface area (Å²) in [7, 11) is 0. The van der Waals surface area contributed by atoms with Crippen molar-refractivity contribution in [3.8, 4) is 0 Å². The molecule has 0 amide bonds. The van der Waals surface area contributed by atoms with E-state index in [0.717, 1.165) is 18.2 Å². The predicted molar refractivity (Wildman–Crippen MR) is 62.1 cm³/mol. The van der Waals surface area contributed by atoms with Crippen LogP contribution in [0.1, 0.15) is 0 Å². The molecular weight excluding hydrogens is 268 g/mol. The largest absolute Gasteiger partial charge is 0.300 e. The Hall–Kier alpha value is -2.26. The second-order valence-corrected chi connectivity index (χ2v) is 3.55. The lowest BCUT2D eigenvalue weighted by molar-refractivity contribution is -0.393. The molecule has 0 bridgehead atoms. The Balaban J connectivity index is 3.31. The van der Waals surface area contributed by atoms with Gasteiger partial charge in [0.1, 0.15) is 5.69 Å². The van der Waals surface area contributed by atoms with Gasteiger partial charge in [-0.1, -0.05) is 11.6 Å². The molecule has 0 aliphatic carbocycles. The molecule has 18 heavy (non-hydrogen) atoms. The molecule has 2 N–H and O–H groups in total. The molecule has 0 aliphatic heterocycles. The summed E-state index contributed by atoms with van der Waals surface area (Å²) in [5, 5.41) is 21.9. The summed E-state index contributed by atoms with van der Waals surface area (Å²) in [5.41, 5.74) is -2.59. The molecule has 1 rings (SSSR count). The molecule has 1 aromatic rings. The maximum absolute atomic E-state index is 10.8. The summed E-state index contributed by atoms with van der Waals surface area (Å²) in [6, 6.07) is 2.81. The van der Waals surface area contributed by atoms with Gasteiger partial charge >= 0.3 is 5.69 Å². The molecule has 1 unspecified atom stereocenters. The maximum Gasteiger partial charge on any atom is 0.300 e. The van der Waals surface area contributed by atoms with Crippen LogP contribution in [-0.4, -0.2) is 21.6 Å². The number of nitro benzene ring substituents is 2. The molecule has 0 heterocycles. The number of hydrazine groups is 1. The second-order valence-electron chi connectivity index (χ2n) is 3.10. The smallest absolute Gasteiger partial charge is 0.300 e. The first-order valence-electron chi connectivity index (χ1n) is 4.44. The van der Waals surface area contributed by atoms with Crippen molar-refractivity contribution in [2.75, 3.05) is 5.01 Å². The topological polar surface area (TPSA) is 133 Å². The lowest BCUT2D eigenvalue weighted by Crippen LogP contribution is -2.39. The number of nitrogens with two attached hydrogens (primary N) is 1. The monoisotopic (exact) mass is 274 g/mol. The minimum atomic E-state index is -1.31. The van der Waals surface area contributed by atoms with Crippen molar-refractivity contribution >= 4 is 34.9 Å². The SMILES string of the molecule is NN(c1ccc([N+](=O)[O-])cc1[N+](=O)[O-])C(Cl)C=O. The number of aldehydes is 1. The molecule has 9 nitrogen and oxygen atoms in total. The van der Waals surface area contributed by atoms with Crippen LogP contribution in [0.15, 0.2) is 18.2 Å². The number of benzene rings is 1. The first-order chi connectivity index (χ1) is 8.38. The van der Waals surface area contributed by atoms with Crippen LogP contribution in [0.3, 0.4) is 0 Å². The summed E-state index contributed by atoms with van der Waals surface area (Å²) in [5.74, 6) is 5.41. The van der Waals surface area contributed by atoms with E-state index in [4.69, 9.17) is 17.4 Å². The van der Waals surface area contributed by atoms with Crippen LogP contribution < -0.4 is 10.9 Å². The van der Waals surface area contributed by atoms with Gasteiger partial charge in [0.05, 0.1) is 15.9 Å². The lowest BCUT2D eigenvalue weighted by atomic mass is 10.2. The standard InChI is InChI=1S/C8H7ClN4O5/c9-8(4-14)11(10)6-2-1-5(12(15)16)3-7(6)13(17)18/h1-4,8H,10H2. The van der Waals surface area contributed by atoms with E-state index in [9.17, 15) is 25.0 Å². The Bertz CT molecular complexity index is 508. The van der Waals surface area contributed by atoms with Crippen molar-refractivity contribution in [2.45, 2.75) is 5.50 Å². The highest BCUT2D eigenvalue weighted by Gasteiger charge is 2.25. The van der Waals surface area contributed by atoms with Crippen LogP contribution in [-0.2, 0) is 4.79 Å². The minimum Gasteiger partial charge on any atom is -0.300 e. The zero-order valence-corrected chi connectivity index (χ0v) is 9.48. The molecule has 0 aliphatic rings. The molecule has 0 radical (unpaired) electrons. The van der Waals surface area contributed by atoms with Gasteiger partial charge in [-0.25, -0.2) is 5.84 Å². The number of rotatable bonds is 5. The summed E-state index contributed by atoms with van der Waals surface area (Å²) >= 11 is 5.51. The van der Waals surface area contributed by atoms with Gasteiger partial charge in [-0.05, 0) is 6.07 Å². The van der Waals surface area contributed by atoms with E-state index in [0.29, 0.717) is 5.01 Å². The van der Waals surface area contributed by atoms with E-state index in [1.165, 1.54) is 0 Å².